The van der Waals surface area contributed by atoms with Crippen molar-refractivity contribution < 1.29 is 18.7 Å². The van der Waals surface area contributed by atoms with E-state index < -0.39 is 5.63 Å². The lowest BCUT2D eigenvalue weighted by Crippen LogP contribution is -2.35. The molecule has 1 fully saturated rings. The Hall–Kier alpha value is -3.74. The molecule has 1 saturated heterocycles. The number of hydrogen-bond acceptors (Lipinski definition) is 6. The van der Waals surface area contributed by atoms with Gasteiger partial charge in [0.15, 0.2) is 0 Å². The second kappa shape index (κ2) is 11.3. The van der Waals surface area contributed by atoms with Gasteiger partial charge in [0.1, 0.15) is 5.58 Å². The van der Waals surface area contributed by atoms with Gasteiger partial charge in [-0.25, -0.2) is 4.79 Å². The molecular weight excluding hydrogens is 478 g/mol. The zero-order valence-corrected chi connectivity index (χ0v) is 22.2. The maximum absolute atomic E-state index is 12.6. The quantitative estimate of drug-likeness (QED) is 0.235. The minimum absolute atomic E-state index is 0.182. The number of benzene rings is 3. The van der Waals surface area contributed by atoms with Gasteiger partial charge in [-0.15, -0.1) is 0 Å². The third kappa shape index (κ3) is 5.57. The van der Waals surface area contributed by atoms with Crippen LogP contribution in [-0.2, 0) is 27.2 Å². The van der Waals surface area contributed by atoms with Crippen LogP contribution in [0.4, 0.5) is 0 Å². The molecule has 5 rings (SSSR count). The lowest BCUT2D eigenvalue weighted by atomic mass is 9.89. The highest BCUT2D eigenvalue weighted by atomic mass is 16.5. The Kier molecular flexibility index (Phi) is 7.72. The summed E-state index contributed by atoms with van der Waals surface area (Å²) in [6.45, 7) is 10.7. The Balaban J connectivity index is 1.55. The van der Waals surface area contributed by atoms with E-state index in [4.69, 9.17) is 13.9 Å². The molecule has 3 aromatic carbocycles. The molecule has 2 heterocycles. The van der Waals surface area contributed by atoms with E-state index in [0.29, 0.717) is 12.2 Å². The Morgan fingerprint density at radius 2 is 1.71 bits per heavy atom. The Morgan fingerprint density at radius 1 is 0.947 bits per heavy atom. The first-order chi connectivity index (χ1) is 18.4. The van der Waals surface area contributed by atoms with Gasteiger partial charge in [0.05, 0.1) is 26.2 Å². The fourth-order valence-corrected chi connectivity index (χ4v) is 5.38. The molecule has 0 saturated carbocycles. The molecule has 4 aromatic rings. The Morgan fingerprint density at radius 3 is 2.45 bits per heavy atom. The number of hydrogen-bond donors (Lipinski definition) is 0. The highest BCUT2D eigenvalue weighted by Crippen LogP contribution is 2.38. The highest BCUT2D eigenvalue weighted by Gasteiger charge is 2.18. The number of ether oxygens (including phenoxy) is 2. The van der Waals surface area contributed by atoms with Gasteiger partial charge in [0.2, 0.25) is 0 Å². The Labute approximate surface area is 222 Å². The molecule has 0 radical (unpaired) electrons. The van der Waals surface area contributed by atoms with Crippen LogP contribution >= 0.6 is 0 Å². The highest BCUT2D eigenvalue weighted by molar-refractivity contribution is 6.00. The van der Waals surface area contributed by atoms with E-state index in [1.165, 1.54) is 5.56 Å². The van der Waals surface area contributed by atoms with Gasteiger partial charge in [-0.05, 0) is 65.8 Å². The number of nitrogens with zero attached hydrogens (tertiary/aromatic N) is 1. The first kappa shape index (κ1) is 25.9. The van der Waals surface area contributed by atoms with Crippen LogP contribution < -0.4 is 5.63 Å². The van der Waals surface area contributed by atoms with Gasteiger partial charge in [0, 0.05) is 36.7 Å². The normalized spacial score (nSPS) is 14.1. The van der Waals surface area contributed by atoms with Gasteiger partial charge >= 0.3 is 11.6 Å². The minimum Gasteiger partial charge on any atom is -0.466 e. The number of aryl methyl sites for hydroxylation is 2. The van der Waals surface area contributed by atoms with Crippen LogP contribution in [0.2, 0.25) is 0 Å². The molecule has 6 heteroatoms. The van der Waals surface area contributed by atoms with Crippen molar-refractivity contribution in [3.05, 3.63) is 93.3 Å². The summed E-state index contributed by atoms with van der Waals surface area (Å²) in [5, 5.41) is 0.899. The summed E-state index contributed by atoms with van der Waals surface area (Å²) in [5.74, 6) is -0.270. The molecule has 1 aromatic heterocycles. The summed E-state index contributed by atoms with van der Waals surface area (Å²) in [5.41, 5.74) is 8.29. The van der Waals surface area contributed by atoms with E-state index in [1.54, 1.807) is 13.0 Å². The fourth-order valence-electron chi connectivity index (χ4n) is 5.38. The van der Waals surface area contributed by atoms with E-state index in [9.17, 15) is 9.59 Å². The van der Waals surface area contributed by atoms with Crippen LogP contribution in [0, 0.1) is 13.8 Å². The molecule has 0 bridgehead atoms. The van der Waals surface area contributed by atoms with Crippen molar-refractivity contribution >= 4 is 16.9 Å². The molecule has 0 unspecified atom stereocenters. The van der Waals surface area contributed by atoms with Crippen molar-refractivity contribution in [3.63, 3.8) is 0 Å². The van der Waals surface area contributed by atoms with Gasteiger partial charge in [-0.1, -0.05) is 48.5 Å². The maximum atomic E-state index is 12.6. The molecule has 6 nitrogen and oxygen atoms in total. The van der Waals surface area contributed by atoms with Crippen molar-refractivity contribution in [3.8, 4) is 22.3 Å². The average molecular weight is 512 g/mol. The summed E-state index contributed by atoms with van der Waals surface area (Å²) in [6.07, 6.45) is 0.182. The number of carbonyl (C=O) groups excluding carboxylic acids is 1. The zero-order chi connectivity index (χ0) is 26.6. The largest absolute Gasteiger partial charge is 0.466 e. The maximum Gasteiger partial charge on any atom is 0.336 e. The average Bonchev–Trinajstić information content (AvgIpc) is 2.90. The molecule has 38 heavy (non-hydrogen) atoms. The van der Waals surface area contributed by atoms with E-state index >= 15 is 0 Å². The summed E-state index contributed by atoms with van der Waals surface area (Å²) < 4.78 is 16.2. The summed E-state index contributed by atoms with van der Waals surface area (Å²) in [4.78, 5) is 27.0. The van der Waals surface area contributed by atoms with Crippen LogP contribution in [0.3, 0.4) is 0 Å². The van der Waals surface area contributed by atoms with Crippen molar-refractivity contribution in [1.29, 1.82) is 0 Å². The number of rotatable bonds is 7. The van der Waals surface area contributed by atoms with E-state index in [0.717, 1.165) is 77.2 Å². The van der Waals surface area contributed by atoms with Crippen LogP contribution in [-0.4, -0.2) is 43.8 Å². The minimum atomic E-state index is -0.401. The summed E-state index contributed by atoms with van der Waals surface area (Å²) in [6, 6.07) is 19.9. The van der Waals surface area contributed by atoms with Crippen molar-refractivity contribution in [2.24, 2.45) is 0 Å². The van der Waals surface area contributed by atoms with E-state index in [1.807, 2.05) is 30.3 Å². The van der Waals surface area contributed by atoms with Crippen molar-refractivity contribution in [2.75, 3.05) is 32.9 Å². The van der Waals surface area contributed by atoms with Gasteiger partial charge in [0.25, 0.3) is 0 Å². The third-order valence-corrected chi connectivity index (χ3v) is 7.12. The SMILES string of the molecule is CCOC(=O)Cc1cccc(-c2cc(=O)oc3cc(C)c(-c4ccc(CN5CCOCC5)cc4)c(C)c23)c1. The van der Waals surface area contributed by atoms with Crippen molar-refractivity contribution in [1.82, 2.24) is 4.90 Å². The predicted octanol–water partition coefficient (Wildman–Crippen LogP) is 5.68. The zero-order valence-electron chi connectivity index (χ0n) is 22.2. The molecule has 1 aliphatic rings. The standard InChI is InChI=1S/C32H33NO5/c1-4-37-29(34)18-24-6-5-7-26(17-24)27-19-30(35)38-28-16-21(2)31(22(3)32(27)28)25-10-8-23(9-11-25)20-33-12-14-36-15-13-33/h5-11,16-17,19H,4,12-15,18,20H2,1-3H3. The topological polar surface area (TPSA) is 69.0 Å². The molecule has 1 aliphatic heterocycles. The monoisotopic (exact) mass is 511 g/mol. The summed E-state index contributed by atoms with van der Waals surface area (Å²) in [7, 11) is 0. The first-order valence-electron chi connectivity index (χ1n) is 13.2. The van der Waals surface area contributed by atoms with Gasteiger partial charge < -0.3 is 13.9 Å². The number of morpholine rings is 1. The first-order valence-corrected chi connectivity index (χ1v) is 13.2. The van der Waals surface area contributed by atoms with Crippen LogP contribution in [0.1, 0.15) is 29.2 Å². The number of esters is 1. The molecule has 0 N–H and O–H groups in total. The number of carbonyl (C=O) groups is 1. The van der Waals surface area contributed by atoms with E-state index in [2.05, 4.69) is 43.0 Å². The predicted molar refractivity (Wildman–Crippen MR) is 149 cm³/mol. The van der Waals surface area contributed by atoms with Crippen LogP contribution in [0.15, 0.2) is 69.9 Å². The van der Waals surface area contributed by atoms with Crippen LogP contribution in [0.5, 0.6) is 0 Å². The lowest BCUT2D eigenvalue weighted by molar-refractivity contribution is -0.142. The lowest BCUT2D eigenvalue weighted by Gasteiger charge is -2.26. The second-order valence-corrected chi connectivity index (χ2v) is 9.81. The van der Waals surface area contributed by atoms with E-state index in [-0.39, 0.29) is 12.4 Å². The molecule has 0 aliphatic carbocycles. The fraction of sp³-hybridized carbons (Fsp3) is 0.312. The van der Waals surface area contributed by atoms with Crippen LogP contribution in [0.25, 0.3) is 33.2 Å². The molecule has 196 valence electrons. The smallest absolute Gasteiger partial charge is 0.336 e. The number of fused-ring (bicyclic) bond motifs is 1. The van der Waals surface area contributed by atoms with Crippen molar-refractivity contribution in [2.45, 2.75) is 33.7 Å². The summed E-state index contributed by atoms with van der Waals surface area (Å²) >= 11 is 0. The second-order valence-electron chi connectivity index (χ2n) is 9.81. The van der Waals surface area contributed by atoms with Gasteiger partial charge in [-0.2, -0.15) is 0 Å². The van der Waals surface area contributed by atoms with Gasteiger partial charge in [-0.3, -0.25) is 9.69 Å². The molecule has 0 atom stereocenters. The molecular formula is C32H33NO5. The third-order valence-electron chi connectivity index (χ3n) is 7.12. The molecule has 0 amide bonds. The molecule has 0 spiro atoms. The Bertz CT molecular complexity index is 1510.